The molecule has 0 saturated carbocycles. The van der Waals surface area contributed by atoms with Crippen molar-refractivity contribution in [1.82, 2.24) is 10.4 Å². The van der Waals surface area contributed by atoms with Gasteiger partial charge in [-0.25, -0.2) is 10.4 Å². The lowest BCUT2D eigenvalue weighted by atomic mass is 9.93. The summed E-state index contributed by atoms with van der Waals surface area (Å²) in [5.74, 6) is 1.22. The smallest absolute Gasteiger partial charge is 0.292 e. The van der Waals surface area contributed by atoms with Crippen LogP contribution in [0.3, 0.4) is 0 Å². The van der Waals surface area contributed by atoms with Gasteiger partial charge in [0.2, 0.25) is 0 Å². The average Bonchev–Trinajstić information content (AvgIpc) is 3.30. The molecular weight excluding hydrogens is 384 g/mol. The van der Waals surface area contributed by atoms with Crippen molar-refractivity contribution in [1.29, 1.82) is 0 Å². The normalized spacial score (nSPS) is 14.4. The molecule has 0 aliphatic heterocycles. The van der Waals surface area contributed by atoms with E-state index in [1.165, 1.54) is 6.26 Å². The van der Waals surface area contributed by atoms with Gasteiger partial charge in [-0.3, -0.25) is 9.59 Å². The Morgan fingerprint density at radius 3 is 2.70 bits per heavy atom. The molecule has 3 aromatic rings. The summed E-state index contributed by atoms with van der Waals surface area (Å²) >= 11 is 0. The van der Waals surface area contributed by atoms with Gasteiger partial charge in [-0.05, 0) is 57.4 Å². The maximum absolute atomic E-state index is 12.8. The molecule has 0 atom stereocenters. The van der Waals surface area contributed by atoms with E-state index in [1.54, 1.807) is 25.3 Å². The first kappa shape index (κ1) is 19.6. The molecule has 3 aromatic heterocycles. The van der Waals surface area contributed by atoms with Crippen molar-refractivity contribution < 1.29 is 18.4 Å². The van der Waals surface area contributed by atoms with E-state index in [-0.39, 0.29) is 17.6 Å². The molecule has 3 heterocycles. The molecule has 2 amide bonds. The Labute approximate surface area is 173 Å². The van der Waals surface area contributed by atoms with Crippen LogP contribution in [0.5, 0.6) is 0 Å². The van der Waals surface area contributed by atoms with E-state index in [1.807, 2.05) is 19.9 Å². The fourth-order valence-electron chi connectivity index (χ4n) is 3.57. The molecule has 8 nitrogen and oxygen atoms in total. The molecule has 0 saturated heterocycles. The van der Waals surface area contributed by atoms with Gasteiger partial charge in [0.05, 0.1) is 17.5 Å². The Hall–Kier alpha value is -3.68. The van der Waals surface area contributed by atoms with Crippen molar-refractivity contribution in [2.75, 3.05) is 5.32 Å². The van der Waals surface area contributed by atoms with Crippen molar-refractivity contribution in [3.05, 3.63) is 70.2 Å². The summed E-state index contributed by atoms with van der Waals surface area (Å²) < 4.78 is 11.0. The molecule has 0 radical (unpaired) electrons. The summed E-state index contributed by atoms with van der Waals surface area (Å²) in [6.45, 7) is 5.47. The van der Waals surface area contributed by atoms with E-state index < -0.39 is 0 Å². The SMILES string of the molecule is Cc1ccnc(NC(=O)c2oc3c(c2C)/C(=N/NC(=O)c2ccoc2C)CCC3)c1. The summed E-state index contributed by atoms with van der Waals surface area (Å²) in [5.41, 5.74) is 6.19. The Morgan fingerprint density at radius 2 is 1.97 bits per heavy atom. The molecule has 1 aliphatic carbocycles. The highest BCUT2D eigenvalue weighted by molar-refractivity contribution is 6.09. The van der Waals surface area contributed by atoms with Crippen LogP contribution in [0.1, 0.15) is 62.0 Å². The second-order valence-electron chi connectivity index (χ2n) is 7.27. The first-order valence-electron chi connectivity index (χ1n) is 9.71. The fourth-order valence-corrected chi connectivity index (χ4v) is 3.57. The van der Waals surface area contributed by atoms with Crippen LogP contribution in [0, 0.1) is 20.8 Å². The predicted octanol–water partition coefficient (Wildman–Crippen LogP) is 3.92. The van der Waals surface area contributed by atoms with Crippen LogP contribution in [0.2, 0.25) is 0 Å². The number of aromatic nitrogens is 1. The Balaban J connectivity index is 1.58. The molecule has 154 valence electrons. The number of hydrogen-bond donors (Lipinski definition) is 2. The molecule has 0 spiro atoms. The number of nitrogens with one attached hydrogen (secondary N) is 2. The van der Waals surface area contributed by atoms with Crippen LogP contribution in [0.15, 0.2) is 44.6 Å². The van der Waals surface area contributed by atoms with Gasteiger partial charge in [0, 0.05) is 23.7 Å². The van der Waals surface area contributed by atoms with Gasteiger partial charge < -0.3 is 14.2 Å². The van der Waals surface area contributed by atoms with E-state index in [9.17, 15) is 9.59 Å². The molecule has 30 heavy (non-hydrogen) atoms. The number of hydrogen-bond acceptors (Lipinski definition) is 6. The van der Waals surface area contributed by atoms with Gasteiger partial charge in [-0.15, -0.1) is 0 Å². The second-order valence-corrected chi connectivity index (χ2v) is 7.27. The van der Waals surface area contributed by atoms with E-state index in [0.717, 1.165) is 17.5 Å². The number of hydrazone groups is 1. The summed E-state index contributed by atoms with van der Waals surface area (Å²) in [6, 6.07) is 5.24. The van der Waals surface area contributed by atoms with Gasteiger partial charge in [0.1, 0.15) is 17.3 Å². The van der Waals surface area contributed by atoms with Gasteiger partial charge in [-0.1, -0.05) is 0 Å². The summed E-state index contributed by atoms with van der Waals surface area (Å²) in [6.07, 6.45) is 5.31. The van der Waals surface area contributed by atoms with Crippen LogP contribution in [-0.2, 0) is 6.42 Å². The second kappa shape index (κ2) is 7.98. The third-order valence-corrected chi connectivity index (χ3v) is 5.08. The van der Waals surface area contributed by atoms with E-state index in [2.05, 4.69) is 20.8 Å². The highest BCUT2D eigenvalue weighted by Gasteiger charge is 2.28. The lowest BCUT2D eigenvalue weighted by Crippen LogP contribution is -2.22. The molecular formula is C22H22N4O4. The largest absolute Gasteiger partial charge is 0.469 e. The van der Waals surface area contributed by atoms with Gasteiger partial charge in [0.25, 0.3) is 11.8 Å². The lowest BCUT2D eigenvalue weighted by Gasteiger charge is -2.13. The molecule has 0 aromatic carbocycles. The number of fused-ring (bicyclic) bond motifs is 1. The third kappa shape index (κ3) is 3.76. The number of pyridine rings is 1. The van der Waals surface area contributed by atoms with E-state index in [0.29, 0.717) is 47.0 Å². The minimum Gasteiger partial charge on any atom is -0.469 e. The quantitative estimate of drug-likeness (QED) is 0.638. The lowest BCUT2D eigenvalue weighted by molar-refractivity contribution is 0.0952. The Kier molecular flexibility index (Phi) is 5.22. The van der Waals surface area contributed by atoms with Crippen molar-refractivity contribution >= 4 is 23.3 Å². The number of nitrogens with zero attached hydrogens (tertiary/aromatic N) is 2. The van der Waals surface area contributed by atoms with Gasteiger partial charge in [0.15, 0.2) is 5.76 Å². The van der Waals surface area contributed by atoms with E-state index >= 15 is 0 Å². The number of anilines is 1. The number of carbonyl (C=O) groups is 2. The van der Waals surface area contributed by atoms with Gasteiger partial charge in [-0.2, -0.15) is 5.10 Å². The first-order chi connectivity index (χ1) is 14.4. The molecule has 4 rings (SSSR count). The molecule has 0 unspecified atom stereocenters. The maximum Gasteiger partial charge on any atom is 0.292 e. The topological polar surface area (TPSA) is 110 Å². The van der Waals surface area contributed by atoms with Crippen molar-refractivity contribution in [3.63, 3.8) is 0 Å². The molecule has 2 N–H and O–H groups in total. The summed E-state index contributed by atoms with van der Waals surface area (Å²) in [7, 11) is 0. The number of carbonyl (C=O) groups excluding carboxylic acids is 2. The van der Waals surface area contributed by atoms with Gasteiger partial charge >= 0.3 is 0 Å². The van der Waals surface area contributed by atoms with Crippen LogP contribution >= 0.6 is 0 Å². The Morgan fingerprint density at radius 1 is 1.13 bits per heavy atom. The Bertz CT molecular complexity index is 1160. The third-order valence-electron chi connectivity index (χ3n) is 5.08. The molecule has 0 fully saturated rings. The zero-order chi connectivity index (χ0) is 21.3. The minimum atomic E-state index is -0.364. The fraction of sp³-hybridized carbons (Fsp3) is 0.273. The number of rotatable bonds is 4. The van der Waals surface area contributed by atoms with Crippen molar-refractivity contribution in [2.24, 2.45) is 5.10 Å². The highest BCUT2D eigenvalue weighted by Crippen LogP contribution is 2.30. The standard InChI is InChI=1S/C22H22N4O4/c1-12-7-9-23-18(11-12)24-22(28)20-13(2)19-16(5-4-6-17(19)30-20)25-26-21(27)15-8-10-29-14(15)3/h7-11H,4-6H2,1-3H3,(H,26,27)(H,23,24,28)/b25-16+. The van der Waals surface area contributed by atoms with E-state index in [4.69, 9.17) is 8.83 Å². The molecule has 8 heteroatoms. The zero-order valence-corrected chi connectivity index (χ0v) is 17.0. The number of aryl methyl sites for hydroxylation is 3. The summed E-state index contributed by atoms with van der Waals surface area (Å²) in [4.78, 5) is 29.3. The first-order valence-corrected chi connectivity index (χ1v) is 9.71. The van der Waals surface area contributed by atoms with Crippen LogP contribution in [-0.4, -0.2) is 22.5 Å². The van der Waals surface area contributed by atoms with Crippen molar-refractivity contribution in [2.45, 2.75) is 40.0 Å². The minimum absolute atomic E-state index is 0.231. The highest BCUT2D eigenvalue weighted by atomic mass is 16.4. The number of amides is 2. The molecule has 0 bridgehead atoms. The van der Waals surface area contributed by atoms with Crippen molar-refractivity contribution in [3.8, 4) is 0 Å². The molecule has 1 aliphatic rings. The van der Waals surface area contributed by atoms with Crippen LogP contribution < -0.4 is 10.7 Å². The maximum atomic E-state index is 12.8. The summed E-state index contributed by atoms with van der Waals surface area (Å²) in [5, 5.41) is 7.10. The predicted molar refractivity (Wildman–Crippen MR) is 111 cm³/mol. The van der Waals surface area contributed by atoms with Crippen LogP contribution in [0.4, 0.5) is 5.82 Å². The average molecular weight is 406 g/mol. The number of furan rings is 2. The monoisotopic (exact) mass is 406 g/mol. The van der Waals surface area contributed by atoms with Crippen LogP contribution in [0.25, 0.3) is 0 Å². The zero-order valence-electron chi connectivity index (χ0n) is 17.0.